The van der Waals surface area contributed by atoms with E-state index in [1.807, 2.05) is 42.5 Å². The number of hydrogen-bond acceptors (Lipinski definition) is 3. The number of carbonyl (C=O) groups excluding carboxylic acids is 2. The number of nitrogens with one attached hydrogen (secondary N) is 1. The highest BCUT2D eigenvalue weighted by Gasteiger charge is 2.52. The minimum atomic E-state index is -0.637. The zero-order valence-corrected chi connectivity index (χ0v) is 11.9. The molecule has 1 aromatic carbocycles. The Balaban J connectivity index is 1.67. The lowest BCUT2D eigenvalue weighted by molar-refractivity contribution is -0.130. The number of hydrogen-bond donors (Lipinski definition) is 1. The third kappa shape index (κ3) is 2.33. The van der Waals surface area contributed by atoms with Gasteiger partial charge in [0.25, 0.3) is 5.91 Å². The number of imide groups is 1. The summed E-state index contributed by atoms with van der Waals surface area (Å²) in [7, 11) is 0. The van der Waals surface area contributed by atoms with E-state index in [2.05, 4.69) is 5.32 Å². The van der Waals surface area contributed by atoms with Crippen molar-refractivity contribution in [2.45, 2.75) is 12.0 Å². The molecule has 0 aliphatic carbocycles. The van der Waals surface area contributed by atoms with E-state index >= 15 is 0 Å². The number of carbonyl (C=O) groups is 2. The first kappa shape index (κ1) is 13.2. The summed E-state index contributed by atoms with van der Waals surface area (Å²) in [4.78, 5) is 25.6. The number of thioether (sulfide) groups is 1. The summed E-state index contributed by atoms with van der Waals surface area (Å²) in [5.74, 6) is 1.54. The van der Waals surface area contributed by atoms with Crippen LogP contribution in [0.3, 0.4) is 0 Å². The Kier molecular flexibility index (Phi) is 3.53. The average Bonchev–Trinajstić information content (AvgIpc) is 3.01. The first-order chi connectivity index (χ1) is 9.71. The minimum Gasteiger partial charge on any atom is -0.322 e. The summed E-state index contributed by atoms with van der Waals surface area (Å²) >= 11 is 1.72. The van der Waals surface area contributed by atoms with E-state index in [1.165, 1.54) is 4.90 Å². The van der Waals surface area contributed by atoms with Crippen LogP contribution in [0.1, 0.15) is 12.0 Å². The molecule has 0 bridgehead atoms. The number of urea groups is 1. The lowest BCUT2D eigenvalue weighted by Crippen LogP contribution is -2.47. The molecule has 20 heavy (non-hydrogen) atoms. The fourth-order valence-corrected chi connectivity index (χ4v) is 3.86. The summed E-state index contributed by atoms with van der Waals surface area (Å²) in [6, 6.07) is 9.57. The van der Waals surface area contributed by atoms with Gasteiger partial charge in [-0.2, -0.15) is 11.8 Å². The highest BCUT2D eigenvalue weighted by Crippen LogP contribution is 2.33. The molecule has 0 radical (unpaired) electrons. The quantitative estimate of drug-likeness (QED) is 0.867. The van der Waals surface area contributed by atoms with Crippen molar-refractivity contribution in [3.63, 3.8) is 0 Å². The van der Waals surface area contributed by atoms with Gasteiger partial charge in [0, 0.05) is 12.3 Å². The van der Waals surface area contributed by atoms with Crippen LogP contribution in [0.4, 0.5) is 4.79 Å². The topological polar surface area (TPSA) is 49.4 Å². The van der Waals surface area contributed by atoms with Crippen molar-refractivity contribution in [2.24, 2.45) is 0 Å². The standard InChI is InChI=1S/C15H16N2O2S/c18-13-15(8-10-20-11-15)16-14(19)17(13)9-4-7-12-5-2-1-3-6-12/h1-7H,8-11H2,(H,16,19). The largest absolute Gasteiger partial charge is 0.325 e. The van der Waals surface area contributed by atoms with Crippen molar-refractivity contribution in [1.29, 1.82) is 0 Å². The Morgan fingerprint density at radius 3 is 2.80 bits per heavy atom. The van der Waals surface area contributed by atoms with E-state index in [0.29, 0.717) is 12.3 Å². The lowest BCUT2D eigenvalue weighted by atomic mass is 9.99. The monoisotopic (exact) mass is 288 g/mol. The summed E-state index contributed by atoms with van der Waals surface area (Å²) < 4.78 is 0. The van der Waals surface area contributed by atoms with Gasteiger partial charge in [-0.25, -0.2) is 4.79 Å². The first-order valence-electron chi connectivity index (χ1n) is 6.65. The van der Waals surface area contributed by atoms with Crippen LogP contribution in [0, 0.1) is 0 Å². The van der Waals surface area contributed by atoms with E-state index in [0.717, 1.165) is 17.7 Å². The molecule has 3 rings (SSSR count). The van der Waals surface area contributed by atoms with Crippen LogP contribution in [-0.2, 0) is 4.79 Å². The second kappa shape index (κ2) is 5.32. The Bertz CT molecular complexity index is 550. The third-order valence-electron chi connectivity index (χ3n) is 3.67. The Hall–Kier alpha value is -1.75. The zero-order valence-electron chi connectivity index (χ0n) is 11.0. The molecule has 1 atom stereocenters. The van der Waals surface area contributed by atoms with Crippen molar-refractivity contribution < 1.29 is 9.59 Å². The average molecular weight is 288 g/mol. The number of benzene rings is 1. The van der Waals surface area contributed by atoms with Gasteiger partial charge >= 0.3 is 6.03 Å². The van der Waals surface area contributed by atoms with Gasteiger partial charge in [0.15, 0.2) is 0 Å². The molecule has 5 heteroatoms. The molecule has 104 valence electrons. The number of amides is 3. The minimum absolute atomic E-state index is 0.0785. The normalized spacial score (nSPS) is 25.9. The molecule has 2 fully saturated rings. The smallest absolute Gasteiger partial charge is 0.322 e. The SMILES string of the molecule is O=C1NC2(CCSC2)C(=O)N1CC=Cc1ccccc1. The molecule has 2 aliphatic heterocycles. The van der Waals surface area contributed by atoms with Crippen molar-refractivity contribution in [2.75, 3.05) is 18.1 Å². The van der Waals surface area contributed by atoms with Gasteiger partial charge in [-0.1, -0.05) is 42.5 Å². The maximum Gasteiger partial charge on any atom is 0.325 e. The van der Waals surface area contributed by atoms with Gasteiger partial charge in [0.2, 0.25) is 0 Å². The van der Waals surface area contributed by atoms with E-state index in [4.69, 9.17) is 0 Å². The maximum absolute atomic E-state index is 12.4. The van der Waals surface area contributed by atoms with Crippen molar-refractivity contribution in [1.82, 2.24) is 10.2 Å². The van der Waals surface area contributed by atoms with E-state index in [9.17, 15) is 9.59 Å². The molecule has 4 nitrogen and oxygen atoms in total. The predicted molar refractivity (Wildman–Crippen MR) is 80.4 cm³/mol. The van der Waals surface area contributed by atoms with Crippen LogP contribution in [0.5, 0.6) is 0 Å². The molecule has 0 saturated carbocycles. The fourth-order valence-electron chi connectivity index (χ4n) is 2.53. The second-order valence-corrected chi connectivity index (χ2v) is 6.15. The van der Waals surface area contributed by atoms with E-state index < -0.39 is 5.54 Å². The summed E-state index contributed by atoms with van der Waals surface area (Å²) in [5.41, 5.74) is 0.424. The first-order valence-corrected chi connectivity index (χ1v) is 7.80. The summed E-state index contributed by atoms with van der Waals surface area (Å²) in [6.45, 7) is 0.325. The molecule has 2 heterocycles. The van der Waals surface area contributed by atoms with E-state index in [-0.39, 0.29) is 11.9 Å². The van der Waals surface area contributed by atoms with E-state index in [1.54, 1.807) is 11.8 Å². The molecule has 2 aliphatic rings. The van der Waals surface area contributed by atoms with Crippen molar-refractivity contribution >= 4 is 29.8 Å². The van der Waals surface area contributed by atoms with Gasteiger partial charge in [-0.05, 0) is 17.7 Å². The highest BCUT2D eigenvalue weighted by molar-refractivity contribution is 7.99. The summed E-state index contributed by atoms with van der Waals surface area (Å²) in [5, 5.41) is 2.86. The van der Waals surface area contributed by atoms with Gasteiger partial charge in [0.05, 0.1) is 0 Å². The van der Waals surface area contributed by atoms with Crippen LogP contribution in [0.25, 0.3) is 6.08 Å². The molecule has 1 N–H and O–H groups in total. The molecule has 1 spiro atoms. The lowest BCUT2D eigenvalue weighted by Gasteiger charge is -2.18. The predicted octanol–water partition coefficient (Wildman–Crippen LogP) is 2.13. The molecular formula is C15H16N2O2S. The molecule has 1 unspecified atom stereocenters. The van der Waals surface area contributed by atoms with Crippen molar-refractivity contribution in [3.8, 4) is 0 Å². The zero-order chi connectivity index (χ0) is 14.0. The third-order valence-corrected chi connectivity index (χ3v) is 4.86. The van der Waals surface area contributed by atoms with Gasteiger partial charge in [-0.3, -0.25) is 9.69 Å². The Morgan fingerprint density at radius 2 is 2.10 bits per heavy atom. The van der Waals surface area contributed by atoms with Gasteiger partial charge in [-0.15, -0.1) is 0 Å². The highest BCUT2D eigenvalue weighted by atomic mass is 32.2. The summed E-state index contributed by atoms with van der Waals surface area (Å²) in [6.07, 6.45) is 4.52. The number of rotatable bonds is 3. The molecule has 3 amide bonds. The van der Waals surface area contributed by atoms with Crippen LogP contribution in [0.15, 0.2) is 36.4 Å². The van der Waals surface area contributed by atoms with Crippen LogP contribution >= 0.6 is 11.8 Å². The van der Waals surface area contributed by atoms with Gasteiger partial charge < -0.3 is 5.32 Å². The maximum atomic E-state index is 12.4. The molecule has 2 saturated heterocycles. The Labute approximate surface area is 122 Å². The second-order valence-electron chi connectivity index (χ2n) is 5.04. The fraction of sp³-hybridized carbons (Fsp3) is 0.333. The molecule has 0 aromatic heterocycles. The van der Waals surface area contributed by atoms with Crippen LogP contribution < -0.4 is 5.32 Å². The Morgan fingerprint density at radius 1 is 1.30 bits per heavy atom. The van der Waals surface area contributed by atoms with Gasteiger partial charge in [0.1, 0.15) is 5.54 Å². The number of nitrogens with zero attached hydrogens (tertiary/aromatic N) is 1. The van der Waals surface area contributed by atoms with Crippen LogP contribution in [-0.4, -0.2) is 40.4 Å². The van der Waals surface area contributed by atoms with Crippen molar-refractivity contribution in [3.05, 3.63) is 42.0 Å². The van der Waals surface area contributed by atoms with Crippen LogP contribution in [0.2, 0.25) is 0 Å². The molecular weight excluding hydrogens is 272 g/mol. The molecule has 1 aromatic rings.